The summed E-state index contributed by atoms with van der Waals surface area (Å²) in [6, 6.07) is 16.1. The fourth-order valence-corrected chi connectivity index (χ4v) is 6.26. The van der Waals surface area contributed by atoms with Crippen molar-refractivity contribution in [2.75, 3.05) is 18.6 Å². The van der Waals surface area contributed by atoms with Gasteiger partial charge in [0.1, 0.15) is 23.4 Å². The number of benzene rings is 3. The quantitative estimate of drug-likeness (QED) is 0.141. The fourth-order valence-electron chi connectivity index (χ4n) is 5.24. The Hall–Kier alpha value is -4.70. The molecule has 2 aliphatic rings. The maximum Gasteiger partial charge on any atom is 0.337 e. The molecule has 6 rings (SSSR count). The highest BCUT2D eigenvalue weighted by molar-refractivity contribution is 7.22. The monoisotopic (exact) mass is 570 g/mol. The number of aliphatic hydroxyl groups is 1. The normalized spacial score (nSPS) is 19.3. The largest absolute Gasteiger partial charge is 0.507 e. The summed E-state index contributed by atoms with van der Waals surface area (Å²) in [6.45, 7) is 4.35. The van der Waals surface area contributed by atoms with Crippen molar-refractivity contribution in [2.24, 2.45) is 0 Å². The number of fused-ring (bicyclic) bond motifs is 2. The van der Waals surface area contributed by atoms with Crippen LogP contribution < -0.4 is 14.4 Å². The van der Waals surface area contributed by atoms with Gasteiger partial charge in [0, 0.05) is 12.0 Å². The summed E-state index contributed by atoms with van der Waals surface area (Å²) in [4.78, 5) is 45.2. The lowest BCUT2D eigenvalue weighted by Gasteiger charge is -2.23. The first-order valence-corrected chi connectivity index (χ1v) is 13.9. The number of amides is 1. The number of esters is 1. The summed E-state index contributed by atoms with van der Waals surface area (Å²) < 4.78 is 17.0. The van der Waals surface area contributed by atoms with Crippen molar-refractivity contribution < 1.29 is 33.7 Å². The van der Waals surface area contributed by atoms with Gasteiger partial charge >= 0.3 is 11.9 Å². The standard InChI is InChI=1S/C31H26N2O7S/c1-4-39-21-10-11-22-24(15-21)41-31(32-22)33-26(17-5-7-18(8-6-17)30(37)38-3)25(28(35)29(33)36)27(34)19-9-12-23-20(14-19)13-16(2)40-23/h5-12,14-16,26,34H,4,13H2,1-3H3/b27-25-. The van der Waals surface area contributed by atoms with E-state index < -0.39 is 23.7 Å². The van der Waals surface area contributed by atoms with Gasteiger partial charge in [-0.15, -0.1) is 0 Å². The van der Waals surface area contributed by atoms with Crippen LogP contribution >= 0.6 is 11.3 Å². The molecule has 3 aromatic carbocycles. The molecule has 0 aliphatic carbocycles. The molecule has 0 saturated carbocycles. The van der Waals surface area contributed by atoms with Crippen LogP contribution in [-0.4, -0.2) is 47.6 Å². The third-order valence-electron chi connectivity index (χ3n) is 7.13. The van der Waals surface area contributed by atoms with Crippen LogP contribution in [-0.2, 0) is 20.7 Å². The molecule has 10 heteroatoms. The Morgan fingerprint density at radius 2 is 1.85 bits per heavy atom. The van der Waals surface area contributed by atoms with Crippen LogP contribution in [0.15, 0.2) is 66.2 Å². The zero-order valence-corrected chi connectivity index (χ0v) is 23.4. The third kappa shape index (κ3) is 4.59. The maximum absolute atomic E-state index is 13.6. The Balaban J connectivity index is 1.50. The number of ketones is 1. The number of aromatic nitrogens is 1. The van der Waals surface area contributed by atoms with Crippen molar-refractivity contribution in [2.45, 2.75) is 32.4 Å². The number of hydrogen-bond donors (Lipinski definition) is 1. The second-order valence-corrected chi connectivity index (χ2v) is 10.8. The number of carbonyl (C=O) groups is 3. The van der Waals surface area contributed by atoms with Crippen LogP contribution in [0.1, 0.15) is 46.9 Å². The zero-order chi connectivity index (χ0) is 28.8. The summed E-state index contributed by atoms with van der Waals surface area (Å²) >= 11 is 1.24. The molecule has 0 spiro atoms. The Kier molecular flexibility index (Phi) is 6.70. The molecule has 1 N–H and O–H groups in total. The van der Waals surface area contributed by atoms with Crippen LogP contribution in [0.3, 0.4) is 0 Å². The van der Waals surface area contributed by atoms with E-state index in [9.17, 15) is 19.5 Å². The molecule has 1 saturated heterocycles. The minimum absolute atomic E-state index is 0.00331. The van der Waals surface area contributed by atoms with E-state index in [1.807, 2.05) is 19.9 Å². The lowest BCUT2D eigenvalue weighted by molar-refractivity contribution is -0.132. The highest BCUT2D eigenvalue weighted by Gasteiger charge is 2.48. The molecular formula is C31H26N2O7S. The number of ether oxygens (including phenoxy) is 3. The number of rotatable bonds is 6. The topological polar surface area (TPSA) is 115 Å². The Morgan fingerprint density at radius 3 is 2.59 bits per heavy atom. The number of carbonyl (C=O) groups excluding carboxylic acids is 3. The summed E-state index contributed by atoms with van der Waals surface area (Å²) in [5.74, 6) is -1.06. The average molecular weight is 571 g/mol. The van der Waals surface area contributed by atoms with Crippen molar-refractivity contribution in [3.8, 4) is 11.5 Å². The summed E-state index contributed by atoms with van der Waals surface area (Å²) in [6.07, 6.45) is 0.669. The van der Waals surface area contributed by atoms with Crippen LogP contribution in [0.2, 0.25) is 0 Å². The number of hydrogen-bond acceptors (Lipinski definition) is 9. The van der Waals surface area contributed by atoms with Crippen molar-refractivity contribution >= 4 is 50.1 Å². The minimum atomic E-state index is -0.989. The van der Waals surface area contributed by atoms with Gasteiger partial charge in [0.2, 0.25) is 0 Å². The second kappa shape index (κ2) is 10.4. The van der Waals surface area contributed by atoms with Crippen LogP contribution in [0.25, 0.3) is 16.0 Å². The van der Waals surface area contributed by atoms with E-state index in [0.717, 1.165) is 16.0 Å². The third-order valence-corrected chi connectivity index (χ3v) is 8.14. The SMILES string of the molecule is CCOc1ccc2nc(N3C(=O)C(=O)/C(=C(\O)c4ccc5c(c4)CC(C)O5)C3c3ccc(C(=O)OC)cc3)sc2c1. The van der Waals surface area contributed by atoms with E-state index in [2.05, 4.69) is 4.98 Å². The average Bonchev–Trinajstić information content (AvgIpc) is 3.64. The van der Waals surface area contributed by atoms with Crippen molar-refractivity contribution in [1.82, 2.24) is 4.98 Å². The van der Waals surface area contributed by atoms with Crippen molar-refractivity contribution in [1.29, 1.82) is 0 Å². The smallest absolute Gasteiger partial charge is 0.337 e. The fraction of sp³-hybridized carbons (Fsp3) is 0.226. The van der Waals surface area contributed by atoms with Crippen LogP contribution in [0.5, 0.6) is 11.5 Å². The highest BCUT2D eigenvalue weighted by atomic mass is 32.1. The molecule has 0 radical (unpaired) electrons. The number of nitrogens with zero attached hydrogens (tertiary/aromatic N) is 2. The highest BCUT2D eigenvalue weighted by Crippen LogP contribution is 2.45. The lowest BCUT2D eigenvalue weighted by atomic mass is 9.94. The first kappa shape index (κ1) is 26.5. The lowest BCUT2D eigenvalue weighted by Crippen LogP contribution is -2.29. The van der Waals surface area contributed by atoms with Gasteiger partial charge in [0.15, 0.2) is 5.13 Å². The Bertz CT molecular complexity index is 1740. The van der Waals surface area contributed by atoms with Gasteiger partial charge in [-0.2, -0.15) is 0 Å². The summed E-state index contributed by atoms with van der Waals surface area (Å²) in [7, 11) is 1.29. The van der Waals surface area contributed by atoms with E-state index in [1.54, 1.807) is 54.6 Å². The molecule has 3 heterocycles. The molecule has 9 nitrogen and oxygen atoms in total. The van der Waals surface area contributed by atoms with Gasteiger partial charge < -0.3 is 19.3 Å². The van der Waals surface area contributed by atoms with Gasteiger partial charge in [0.05, 0.1) is 41.1 Å². The van der Waals surface area contributed by atoms with Crippen molar-refractivity contribution in [3.05, 3.63) is 88.5 Å². The molecule has 2 aliphatic heterocycles. The molecule has 1 fully saturated rings. The van der Waals surface area contributed by atoms with E-state index in [-0.39, 0.29) is 17.4 Å². The van der Waals surface area contributed by atoms with Gasteiger partial charge in [-0.25, -0.2) is 9.78 Å². The number of thiazole rings is 1. The molecule has 1 aromatic heterocycles. The zero-order valence-electron chi connectivity index (χ0n) is 22.5. The number of anilines is 1. The van der Waals surface area contributed by atoms with E-state index >= 15 is 0 Å². The minimum Gasteiger partial charge on any atom is -0.507 e. The van der Waals surface area contributed by atoms with Gasteiger partial charge in [-0.1, -0.05) is 23.5 Å². The molecular weight excluding hydrogens is 544 g/mol. The Labute approximate surface area is 239 Å². The molecule has 208 valence electrons. The van der Waals surface area contributed by atoms with Gasteiger partial charge in [-0.3, -0.25) is 14.5 Å². The molecule has 2 unspecified atom stereocenters. The number of methoxy groups -OCH3 is 1. The molecule has 0 bridgehead atoms. The molecule has 4 aromatic rings. The molecule has 2 atom stereocenters. The number of aliphatic hydroxyl groups excluding tert-OH is 1. The van der Waals surface area contributed by atoms with Gasteiger partial charge in [0.25, 0.3) is 5.78 Å². The summed E-state index contributed by atoms with van der Waals surface area (Å²) in [5, 5.41) is 11.8. The molecule has 1 amide bonds. The Morgan fingerprint density at radius 1 is 1.10 bits per heavy atom. The number of Topliss-reactive ketones (excluding diaryl/α,β-unsaturated/α-hetero) is 1. The molecule has 41 heavy (non-hydrogen) atoms. The van der Waals surface area contributed by atoms with Crippen molar-refractivity contribution in [3.63, 3.8) is 0 Å². The van der Waals surface area contributed by atoms with E-state index in [0.29, 0.717) is 46.1 Å². The van der Waals surface area contributed by atoms with Gasteiger partial charge in [-0.05, 0) is 73.5 Å². The predicted molar refractivity (Wildman–Crippen MR) is 154 cm³/mol. The van der Waals surface area contributed by atoms with Crippen LogP contribution in [0, 0.1) is 0 Å². The summed E-state index contributed by atoms with van der Waals surface area (Å²) in [5.41, 5.74) is 2.72. The van der Waals surface area contributed by atoms with E-state index in [1.165, 1.54) is 23.3 Å². The maximum atomic E-state index is 13.6. The first-order chi connectivity index (χ1) is 19.8. The van der Waals surface area contributed by atoms with E-state index in [4.69, 9.17) is 14.2 Å². The van der Waals surface area contributed by atoms with Crippen LogP contribution in [0.4, 0.5) is 5.13 Å². The predicted octanol–water partition coefficient (Wildman–Crippen LogP) is 5.43. The first-order valence-electron chi connectivity index (χ1n) is 13.1. The second-order valence-electron chi connectivity index (χ2n) is 9.80.